The summed E-state index contributed by atoms with van der Waals surface area (Å²) in [6.07, 6.45) is 3.89. The number of aryl methyl sites for hydroxylation is 1. The minimum Gasteiger partial charge on any atom is -0.313 e. The van der Waals surface area contributed by atoms with E-state index < -0.39 is 0 Å². The molecule has 0 heterocycles. The minimum atomic E-state index is 0.975. The largest absolute Gasteiger partial charge is 0.313 e. The number of nitrogens with one attached hydrogen (secondary N) is 1. The average Bonchev–Trinajstić information content (AvgIpc) is 2.23. The van der Waals surface area contributed by atoms with Crippen LogP contribution in [0.3, 0.4) is 0 Å². The van der Waals surface area contributed by atoms with Crippen molar-refractivity contribution in [3.63, 3.8) is 0 Å². The fourth-order valence-electron chi connectivity index (χ4n) is 1.48. The maximum atomic E-state index is 3.55. The fourth-order valence-corrected chi connectivity index (χ4v) is 1.91. The molecule has 2 heteroatoms. The van der Waals surface area contributed by atoms with Crippen LogP contribution in [0, 0.1) is 6.92 Å². The lowest BCUT2D eigenvalue weighted by atomic mass is 10.1. The van der Waals surface area contributed by atoms with Gasteiger partial charge in [0.25, 0.3) is 0 Å². The van der Waals surface area contributed by atoms with Gasteiger partial charge in [0, 0.05) is 11.0 Å². The molecule has 0 unspecified atom stereocenters. The van der Waals surface area contributed by atoms with Crippen molar-refractivity contribution in [2.75, 3.05) is 6.54 Å². The topological polar surface area (TPSA) is 12.0 Å². The van der Waals surface area contributed by atoms with Gasteiger partial charge >= 0.3 is 0 Å². The molecule has 0 aliphatic carbocycles. The highest BCUT2D eigenvalue weighted by atomic mass is 79.9. The van der Waals surface area contributed by atoms with Crippen LogP contribution < -0.4 is 5.32 Å². The highest BCUT2D eigenvalue weighted by molar-refractivity contribution is 9.10. The SMILES string of the molecule is CCCCCNCc1ccc(C)c(Br)c1. The van der Waals surface area contributed by atoms with Crippen molar-refractivity contribution < 1.29 is 0 Å². The van der Waals surface area contributed by atoms with Crippen molar-refractivity contribution in [2.24, 2.45) is 0 Å². The predicted molar refractivity (Wildman–Crippen MR) is 70.1 cm³/mol. The second kappa shape index (κ2) is 7.02. The number of benzene rings is 1. The van der Waals surface area contributed by atoms with E-state index in [-0.39, 0.29) is 0 Å². The fraction of sp³-hybridized carbons (Fsp3) is 0.538. The van der Waals surface area contributed by atoms with Gasteiger partial charge in [0.05, 0.1) is 0 Å². The van der Waals surface area contributed by atoms with Gasteiger partial charge in [0.1, 0.15) is 0 Å². The predicted octanol–water partition coefficient (Wildman–Crippen LogP) is 4.04. The van der Waals surface area contributed by atoms with Crippen molar-refractivity contribution in [3.05, 3.63) is 33.8 Å². The van der Waals surface area contributed by atoms with Crippen molar-refractivity contribution >= 4 is 15.9 Å². The van der Waals surface area contributed by atoms with Gasteiger partial charge in [-0.25, -0.2) is 0 Å². The van der Waals surface area contributed by atoms with Crippen LogP contribution >= 0.6 is 15.9 Å². The van der Waals surface area contributed by atoms with Gasteiger partial charge < -0.3 is 5.32 Å². The second-order valence-corrected chi connectivity index (χ2v) is 4.82. The van der Waals surface area contributed by atoms with Crippen molar-refractivity contribution in [1.82, 2.24) is 5.32 Å². The minimum absolute atomic E-state index is 0.975. The van der Waals surface area contributed by atoms with Crippen molar-refractivity contribution in [2.45, 2.75) is 39.7 Å². The zero-order chi connectivity index (χ0) is 11.1. The zero-order valence-electron chi connectivity index (χ0n) is 9.65. The van der Waals surface area contributed by atoms with Crippen LogP contribution in [0.2, 0.25) is 0 Å². The molecular weight excluding hydrogens is 250 g/mol. The van der Waals surface area contributed by atoms with E-state index in [0.717, 1.165) is 13.1 Å². The van der Waals surface area contributed by atoms with Crippen LogP contribution in [-0.4, -0.2) is 6.54 Å². The Morgan fingerprint density at radius 3 is 2.73 bits per heavy atom. The van der Waals surface area contributed by atoms with Gasteiger partial charge in [-0.2, -0.15) is 0 Å². The molecule has 0 saturated heterocycles. The Morgan fingerprint density at radius 2 is 2.07 bits per heavy atom. The molecule has 0 radical (unpaired) electrons. The Balaban J connectivity index is 2.28. The molecule has 1 rings (SSSR count). The van der Waals surface area contributed by atoms with Crippen LogP contribution in [0.15, 0.2) is 22.7 Å². The van der Waals surface area contributed by atoms with Crippen LogP contribution in [0.5, 0.6) is 0 Å². The number of unbranched alkanes of at least 4 members (excludes halogenated alkanes) is 2. The molecule has 15 heavy (non-hydrogen) atoms. The Kier molecular flexibility index (Phi) is 5.96. The summed E-state index contributed by atoms with van der Waals surface area (Å²) in [6, 6.07) is 6.54. The molecule has 84 valence electrons. The smallest absolute Gasteiger partial charge is 0.0207 e. The molecule has 0 spiro atoms. The van der Waals surface area contributed by atoms with E-state index in [1.54, 1.807) is 0 Å². The summed E-state index contributed by atoms with van der Waals surface area (Å²) in [6.45, 7) is 6.45. The van der Waals surface area contributed by atoms with Gasteiger partial charge in [-0.1, -0.05) is 47.8 Å². The molecule has 0 bridgehead atoms. The van der Waals surface area contributed by atoms with Crippen LogP contribution in [0.1, 0.15) is 37.3 Å². The van der Waals surface area contributed by atoms with Crippen LogP contribution in [-0.2, 0) is 6.54 Å². The molecule has 0 amide bonds. The van der Waals surface area contributed by atoms with E-state index in [4.69, 9.17) is 0 Å². The van der Waals surface area contributed by atoms with Gasteiger partial charge in [-0.05, 0) is 37.1 Å². The highest BCUT2D eigenvalue weighted by Gasteiger charge is 1.96. The summed E-state index contributed by atoms with van der Waals surface area (Å²) in [5.41, 5.74) is 2.65. The summed E-state index contributed by atoms with van der Waals surface area (Å²) in [4.78, 5) is 0. The third-order valence-electron chi connectivity index (χ3n) is 2.52. The summed E-state index contributed by atoms with van der Waals surface area (Å²) >= 11 is 3.55. The summed E-state index contributed by atoms with van der Waals surface area (Å²) in [5.74, 6) is 0. The summed E-state index contributed by atoms with van der Waals surface area (Å²) in [5, 5.41) is 3.46. The number of hydrogen-bond donors (Lipinski definition) is 1. The van der Waals surface area contributed by atoms with E-state index in [9.17, 15) is 0 Å². The molecule has 0 atom stereocenters. The standard InChI is InChI=1S/C13H20BrN/c1-3-4-5-8-15-10-12-7-6-11(2)13(14)9-12/h6-7,9,15H,3-5,8,10H2,1-2H3. The number of rotatable bonds is 6. The summed E-state index contributed by atoms with van der Waals surface area (Å²) in [7, 11) is 0. The maximum Gasteiger partial charge on any atom is 0.0207 e. The quantitative estimate of drug-likeness (QED) is 0.769. The van der Waals surface area contributed by atoms with Gasteiger partial charge in [0.15, 0.2) is 0 Å². The molecule has 1 N–H and O–H groups in total. The zero-order valence-corrected chi connectivity index (χ0v) is 11.2. The lowest BCUT2D eigenvalue weighted by Crippen LogP contribution is -2.14. The molecule has 0 aliphatic rings. The first kappa shape index (κ1) is 12.7. The summed E-state index contributed by atoms with van der Waals surface area (Å²) < 4.78 is 1.20. The first-order chi connectivity index (χ1) is 7.24. The average molecular weight is 270 g/mol. The highest BCUT2D eigenvalue weighted by Crippen LogP contribution is 2.17. The molecule has 1 aromatic carbocycles. The van der Waals surface area contributed by atoms with E-state index in [1.165, 1.54) is 34.9 Å². The first-order valence-electron chi connectivity index (χ1n) is 5.69. The molecule has 0 aliphatic heterocycles. The molecule has 0 fully saturated rings. The van der Waals surface area contributed by atoms with E-state index >= 15 is 0 Å². The maximum absolute atomic E-state index is 3.55. The second-order valence-electron chi connectivity index (χ2n) is 3.97. The lowest BCUT2D eigenvalue weighted by molar-refractivity contribution is 0.616. The van der Waals surface area contributed by atoms with Gasteiger partial charge in [-0.3, -0.25) is 0 Å². The molecule has 0 saturated carbocycles. The third-order valence-corrected chi connectivity index (χ3v) is 3.38. The first-order valence-corrected chi connectivity index (χ1v) is 6.49. The molecule has 1 nitrogen and oxygen atoms in total. The van der Waals surface area contributed by atoms with Gasteiger partial charge in [-0.15, -0.1) is 0 Å². The Labute approximate surface area is 101 Å². The molecule has 1 aromatic rings. The molecular formula is C13H20BrN. The Morgan fingerprint density at radius 1 is 1.27 bits per heavy atom. The van der Waals surface area contributed by atoms with Crippen LogP contribution in [0.25, 0.3) is 0 Å². The lowest BCUT2D eigenvalue weighted by Gasteiger charge is -2.06. The van der Waals surface area contributed by atoms with E-state index in [0.29, 0.717) is 0 Å². The van der Waals surface area contributed by atoms with Gasteiger partial charge in [0.2, 0.25) is 0 Å². The molecule has 0 aromatic heterocycles. The Hall–Kier alpha value is -0.340. The van der Waals surface area contributed by atoms with Crippen molar-refractivity contribution in [1.29, 1.82) is 0 Å². The third kappa shape index (κ3) is 4.80. The van der Waals surface area contributed by atoms with E-state index in [2.05, 4.69) is 53.3 Å². The number of hydrogen-bond acceptors (Lipinski definition) is 1. The van der Waals surface area contributed by atoms with E-state index in [1.807, 2.05) is 0 Å². The van der Waals surface area contributed by atoms with Crippen molar-refractivity contribution in [3.8, 4) is 0 Å². The Bertz CT molecular complexity index is 297. The normalized spacial score (nSPS) is 10.6. The number of halogens is 1. The monoisotopic (exact) mass is 269 g/mol. The van der Waals surface area contributed by atoms with Crippen LogP contribution in [0.4, 0.5) is 0 Å².